The van der Waals surface area contributed by atoms with Crippen LogP contribution in [-0.2, 0) is 45.5 Å². The number of hydrogen-bond acceptors (Lipinski definition) is 2. The minimum atomic E-state index is -3.23. The molecule has 0 heterocycles. The summed E-state index contributed by atoms with van der Waals surface area (Å²) in [7, 11) is -3.23. The smallest absolute Gasteiger partial charge is 0 e. The quantitative estimate of drug-likeness (QED) is 0.462. The fourth-order valence-electron chi connectivity index (χ4n) is 0.871. The van der Waals surface area contributed by atoms with E-state index in [2.05, 4.69) is 26.6 Å². The summed E-state index contributed by atoms with van der Waals surface area (Å²) in [5.41, 5.74) is 0. The molecule has 8 heteroatoms. The molecule has 0 saturated heterocycles. The average Bonchev–Trinajstić information content (AvgIpc) is 2.61. The number of benzene rings is 1. The monoisotopic (exact) mass is 363 g/mol. The number of hydrogen-bond donors (Lipinski definition) is 0. The van der Waals surface area contributed by atoms with Gasteiger partial charge in [-0.2, -0.15) is 0 Å². The second kappa shape index (κ2) is 27.9. The van der Waals surface area contributed by atoms with Crippen LogP contribution in [0.15, 0.2) is 35.2 Å². The van der Waals surface area contributed by atoms with Gasteiger partial charge in [0, 0.05) is 17.1 Å². The fraction of sp³-hybridized carbons (Fsp3) is 0.0714. The van der Waals surface area contributed by atoms with Gasteiger partial charge in [-0.3, -0.25) is 0 Å². The van der Waals surface area contributed by atoms with Crippen LogP contribution in [0.3, 0.4) is 0 Å². The Kier molecular flexibility index (Phi) is 41.3. The van der Waals surface area contributed by atoms with Crippen LogP contribution < -0.4 is 0 Å². The third kappa shape index (κ3) is 18.6. The molecule has 3 radical (unpaired) electrons. The van der Waals surface area contributed by atoms with Gasteiger partial charge in [-0.15, -0.1) is 0 Å². The summed E-state index contributed by atoms with van der Waals surface area (Å²) < 4.78 is 53.0. The van der Waals surface area contributed by atoms with Crippen LogP contribution in [0.5, 0.6) is 0 Å². The van der Waals surface area contributed by atoms with Crippen molar-refractivity contribution in [3.05, 3.63) is 75.5 Å². The van der Waals surface area contributed by atoms with E-state index in [1.165, 1.54) is 12.2 Å². The predicted molar refractivity (Wildman–Crippen MR) is 67.9 cm³/mol. The molecule has 0 amide bonds. The van der Waals surface area contributed by atoms with Crippen LogP contribution in [0.25, 0.3) is 0 Å². The number of sulfone groups is 1. The zero-order chi connectivity index (χ0) is 17.7. The van der Waals surface area contributed by atoms with Gasteiger partial charge in [-0.25, -0.2) is 8.42 Å². The zero-order valence-corrected chi connectivity index (χ0v) is 13.3. The van der Waals surface area contributed by atoms with Gasteiger partial charge < -0.3 is 0 Å². The summed E-state index contributed by atoms with van der Waals surface area (Å²) in [6, 6.07) is 8.35. The van der Waals surface area contributed by atoms with Crippen LogP contribution in [0.4, 0.5) is 0 Å². The molecule has 22 heavy (non-hydrogen) atoms. The van der Waals surface area contributed by atoms with Crippen LogP contribution in [-0.4, -0.2) is 8.42 Å². The van der Waals surface area contributed by atoms with Crippen LogP contribution >= 0.6 is 0 Å². The summed E-state index contributed by atoms with van der Waals surface area (Å²) in [6.45, 7) is 19.8. The van der Waals surface area contributed by atoms with Gasteiger partial charge in [-0.1, -0.05) is 25.1 Å². The third-order valence-electron chi connectivity index (χ3n) is 1.52. The first-order valence-electron chi connectivity index (χ1n) is 4.74. The molecule has 117 valence electrons. The summed E-state index contributed by atoms with van der Waals surface area (Å²) in [5.74, 6) is 1.20. The van der Waals surface area contributed by atoms with Crippen molar-refractivity contribution in [3.63, 3.8) is 0 Å². The predicted octanol–water partition coefficient (Wildman–Crippen LogP) is 1.90. The molecule has 0 fully saturated rings. The van der Waals surface area contributed by atoms with E-state index in [1.54, 1.807) is 43.7 Å². The van der Waals surface area contributed by atoms with Crippen molar-refractivity contribution in [1.82, 2.24) is 0 Å². The van der Waals surface area contributed by atoms with E-state index < -0.39 is 9.84 Å². The molecule has 0 aliphatic carbocycles. The molecule has 0 unspecified atom stereocenters. The minimum absolute atomic E-state index is 0. The molecule has 0 aromatic heterocycles. The molecule has 0 atom stereocenters. The van der Waals surface area contributed by atoms with Gasteiger partial charge in [0.2, 0.25) is 0 Å². The van der Waals surface area contributed by atoms with Crippen molar-refractivity contribution in [1.29, 1.82) is 0 Å². The van der Waals surface area contributed by atoms with Crippen LogP contribution in [0.1, 0.15) is 6.92 Å². The van der Waals surface area contributed by atoms with E-state index in [-0.39, 0.29) is 17.1 Å². The van der Waals surface area contributed by atoms with Crippen molar-refractivity contribution in [2.24, 2.45) is 0 Å². The first-order chi connectivity index (χ1) is 10.2. The van der Waals surface area contributed by atoms with Crippen LogP contribution in [0, 0.1) is 45.2 Å². The van der Waals surface area contributed by atoms with Gasteiger partial charge in [0.05, 0.1) is 10.6 Å². The Morgan fingerprint density at radius 3 is 1.55 bits per heavy atom. The molecular formula is C14H11FeO6S. The van der Waals surface area contributed by atoms with E-state index in [0.29, 0.717) is 4.90 Å². The Bertz CT molecular complexity index is 478. The molecule has 0 aliphatic rings. The minimum Gasteiger partial charge on any atom is 0 e. The normalized spacial score (nSPS) is 7.14. The van der Waals surface area contributed by atoms with Gasteiger partial charge in [0.1, 0.15) is 0 Å². The Hall–Kier alpha value is -1.35. The van der Waals surface area contributed by atoms with Gasteiger partial charge in [0.25, 0.3) is 0 Å². The van der Waals surface area contributed by atoms with Crippen molar-refractivity contribution >= 4 is 9.84 Å². The Morgan fingerprint density at radius 1 is 0.864 bits per heavy atom. The first-order valence-corrected chi connectivity index (χ1v) is 6.29. The van der Waals surface area contributed by atoms with Gasteiger partial charge in [-0.05, 0) is 25.0 Å². The standard InChI is InChI=1S/C10H11O2S.4CO.Fe/c1-2-3-9-13(11,12)10-7-5-4-6-8-10;4*1-2;/h2-9H,1H3;;;;;. The summed E-state index contributed by atoms with van der Waals surface area (Å²) >= 11 is 0. The SMILES string of the molecule is C[CH][CH][CH]S(=O)(=O)c1ccccc1.[C-]#[O+].[C-]#[O+].[C-]#[O+].[C-]#[O+].[Fe]. The summed E-state index contributed by atoms with van der Waals surface area (Å²) in [5, 5.41) is 0. The van der Waals surface area contributed by atoms with Crippen molar-refractivity contribution in [3.8, 4) is 0 Å². The topological polar surface area (TPSA) is 114 Å². The second-order valence-corrected chi connectivity index (χ2v) is 4.35. The average molecular weight is 363 g/mol. The molecule has 0 N–H and O–H groups in total. The van der Waals surface area contributed by atoms with E-state index >= 15 is 0 Å². The maximum absolute atomic E-state index is 11.5. The van der Waals surface area contributed by atoms with E-state index in [1.807, 2.05) is 0 Å². The number of unbranched alkanes of at least 4 members (excludes halogenated alkanes) is 1. The molecule has 0 bridgehead atoms. The zero-order valence-electron chi connectivity index (χ0n) is 11.3. The second-order valence-electron chi connectivity index (χ2n) is 2.52. The molecule has 1 aromatic carbocycles. The third-order valence-corrected chi connectivity index (χ3v) is 2.97. The first kappa shape index (κ1) is 32.6. The number of rotatable bonds is 4. The molecule has 0 aliphatic heterocycles. The Morgan fingerprint density at radius 2 is 1.23 bits per heavy atom. The Labute approximate surface area is 141 Å². The van der Waals surface area contributed by atoms with Gasteiger partial charge >= 0.3 is 45.2 Å². The maximum Gasteiger partial charge on any atom is 0 e. The molecule has 0 spiro atoms. The van der Waals surface area contributed by atoms with Crippen molar-refractivity contribution in [2.45, 2.75) is 11.8 Å². The summed E-state index contributed by atoms with van der Waals surface area (Å²) in [4.78, 5) is 0.327. The molecular weight excluding hydrogens is 352 g/mol. The van der Waals surface area contributed by atoms with Crippen LogP contribution in [0.2, 0.25) is 0 Å². The van der Waals surface area contributed by atoms with E-state index in [9.17, 15) is 8.42 Å². The Balaban J connectivity index is -0.0000000932. The fourth-order valence-corrected chi connectivity index (χ4v) is 1.93. The maximum atomic E-state index is 11.5. The van der Waals surface area contributed by atoms with Crippen molar-refractivity contribution in [2.75, 3.05) is 0 Å². The van der Waals surface area contributed by atoms with E-state index in [4.69, 9.17) is 18.6 Å². The van der Waals surface area contributed by atoms with Crippen molar-refractivity contribution < 1.29 is 44.1 Å². The molecule has 6 nitrogen and oxygen atoms in total. The largest absolute Gasteiger partial charge is 0 e. The molecule has 1 aromatic rings. The molecule has 1 rings (SSSR count). The summed E-state index contributed by atoms with van der Waals surface area (Å²) in [6.07, 6.45) is 3.20. The van der Waals surface area contributed by atoms with Gasteiger partial charge in [0.15, 0.2) is 9.84 Å². The molecule has 0 saturated carbocycles. The van der Waals surface area contributed by atoms with E-state index in [0.717, 1.165) is 0 Å².